The van der Waals surface area contributed by atoms with E-state index in [2.05, 4.69) is 4.98 Å². The van der Waals surface area contributed by atoms with Crippen molar-refractivity contribution in [2.45, 2.75) is 18.4 Å². The standard InChI is InChI=1S/C18H19N3O4/c22-10-15-12-7-11(14-4-2-6-17(24)21(14)15)8-20(9-12)18(25)13-3-1-5-16(23)19-13/h1-6,11-12,15,22H,7-10H2,(H,19,23)/t11-,12+,15+/m1/s1. The maximum absolute atomic E-state index is 12.8. The van der Waals surface area contributed by atoms with Crippen LogP contribution in [0.15, 0.2) is 46.0 Å². The normalized spacial score (nSPS) is 24.7. The van der Waals surface area contributed by atoms with Gasteiger partial charge in [0.1, 0.15) is 5.69 Å². The molecule has 7 heteroatoms. The number of nitrogens with one attached hydrogen (secondary N) is 1. The SMILES string of the molecule is O=C(c1cccc(=O)[nH]1)N1C[C@H]2C[C@@H](C1)[C@H](CO)n1c2cccc1=O. The number of pyridine rings is 2. The van der Waals surface area contributed by atoms with Gasteiger partial charge in [0, 0.05) is 42.8 Å². The van der Waals surface area contributed by atoms with Crippen LogP contribution in [-0.2, 0) is 0 Å². The topological polar surface area (TPSA) is 95.4 Å². The van der Waals surface area contributed by atoms with E-state index in [0.29, 0.717) is 13.1 Å². The van der Waals surface area contributed by atoms with Gasteiger partial charge in [0.25, 0.3) is 11.5 Å². The summed E-state index contributed by atoms with van der Waals surface area (Å²) in [6.07, 6.45) is 0.837. The summed E-state index contributed by atoms with van der Waals surface area (Å²) in [7, 11) is 0. The molecule has 7 nitrogen and oxygen atoms in total. The number of aliphatic hydroxyl groups is 1. The van der Waals surface area contributed by atoms with E-state index in [1.807, 2.05) is 6.07 Å². The maximum atomic E-state index is 12.8. The number of aliphatic hydroxyl groups excluding tert-OH is 1. The minimum Gasteiger partial charge on any atom is -0.394 e. The van der Waals surface area contributed by atoms with E-state index < -0.39 is 0 Å². The molecule has 2 aliphatic rings. The Morgan fingerprint density at radius 1 is 1.16 bits per heavy atom. The van der Waals surface area contributed by atoms with Crippen molar-refractivity contribution in [3.63, 3.8) is 0 Å². The number of aromatic amines is 1. The summed E-state index contributed by atoms with van der Waals surface area (Å²) >= 11 is 0. The van der Waals surface area contributed by atoms with Gasteiger partial charge in [-0.25, -0.2) is 0 Å². The maximum Gasteiger partial charge on any atom is 0.270 e. The lowest BCUT2D eigenvalue weighted by molar-refractivity contribution is 0.0433. The van der Waals surface area contributed by atoms with Crippen LogP contribution in [0.4, 0.5) is 0 Å². The Kier molecular flexibility index (Phi) is 3.80. The highest BCUT2D eigenvalue weighted by Gasteiger charge is 2.41. The van der Waals surface area contributed by atoms with Crippen LogP contribution >= 0.6 is 0 Å². The van der Waals surface area contributed by atoms with Gasteiger partial charge < -0.3 is 19.6 Å². The molecule has 25 heavy (non-hydrogen) atoms. The highest BCUT2D eigenvalue weighted by Crippen LogP contribution is 2.40. The fourth-order valence-corrected chi connectivity index (χ4v) is 4.19. The van der Waals surface area contributed by atoms with E-state index in [-0.39, 0.29) is 47.2 Å². The first-order chi connectivity index (χ1) is 12.1. The van der Waals surface area contributed by atoms with Gasteiger partial charge in [0.2, 0.25) is 5.56 Å². The highest BCUT2D eigenvalue weighted by molar-refractivity contribution is 5.92. The Morgan fingerprint density at radius 2 is 1.96 bits per heavy atom. The van der Waals surface area contributed by atoms with Gasteiger partial charge in [0.05, 0.1) is 12.6 Å². The van der Waals surface area contributed by atoms with Crippen LogP contribution in [0, 0.1) is 5.92 Å². The predicted octanol–water partition coefficient (Wildman–Crippen LogP) is 0.329. The van der Waals surface area contributed by atoms with E-state index in [1.54, 1.807) is 27.7 Å². The molecule has 1 saturated heterocycles. The van der Waals surface area contributed by atoms with Gasteiger partial charge >= 0.3 is 0 Å². The predicted molar refractivity (Wildman–Crippen MR) is 90.6 cm³/mol. The lowest BCUT2D eigenvalue weighted by Gasteiger charge is -2.46. The average Bonchev–Trinajstić information content (AvgIpc) is 2.62. The van der Waals surface area contributed by atoms with Crippen molar-refractivity contribution >= 4 is 5.91 Å². The molecule has 2 aromatic heterocycles. The number of carbonyl (C=O) groups excluding carboxylic acids is 1. The van der Waals surface area contributed by atoms with Crippen LogP contribution in [0.25, 0.3) is 0 Å². The molecule has 0 unspecified atom stereocenters. The molecule has 130 valence electrons. The molecule has 1 amide bonds. The number of rotatable bonds is 2. The molecule has 1 fully saturated rings. The van der Waals surface area contributed by atoms with Crippen LogP contribution in [0.2, 0.25) is 0 Å². The van der Waals surface area contributed by atoms with Crippen LogP contribution < -0.4 is 11.1 Å². The number of H-pyrrole nitrogens is 1. The fraction of sp³-hybridized carbons (Fsp3) is 0.389. The molecule has 0 aromatic carbocycles. The molecule has 2 bridgehead atoms. The Hall–Kier alpha value is -2.67. The Morgan fingerprint density at radius 3 is 2.72 bits per heavy atom. The molecule has 2 N–H and O–H groups in total. The molecule has 0 saturated carbocycles. The van der Waals surface area contributed by atoms with E-state index >= 15 is 0 Å². The summed E-state index contributed by atoms with van der Waals surface area (Å²) in [5.41, 5.74) is 0.701. The monoisotopic (exact) mass is 341 g/mol. The second kappa shape index (κ2) is 6.00. The van der Waals surface area contributed by atoms with Gasteiger partial charge in [-0.3, -0.25) is 14.4 Å². The smallest absolute Gasteiger partial charge is 0.270 e. The van der Waals surface area contributed by atoms with Crippen molar-refractivity contribution in [1.82, 2.24) is 14.5 Å². The van der Waals surface area contributed by atoms with Crippen molar-refractivity contribution in [2.24, 2.45) is 5.92 Å². The summed E-state index contributed by atoms with van der Waals surface area (Å²) in [6.45, 7) is 0.810. The highest BCUT2D eigenvalue weighted by atomic mass is 16.3. The van der Waals surface area contributed by atoms with Crippen LogP contribution in [0.5, 0.6) is 0 Å². The van der Waals surface area contributed by atoms with E-state index in [1.165, 1.54) is 12.1 Å². The molecule has 0 spiro atoms. The first-order valence-electron chi connectivity index (χ1n) is 8.39. The third-order valence-corrected chi connectivity index (χ3v) is 5.27. The lowest BCUT2D eigenvalue weighted by atomic mass is 9.78. The third kappa shape index (κ3) is 2.60. The zero-order valence-electron chi connectivity index (χ0n) is 13.6. The largest absolute Gasteiger partial charge is 0.394 e. The van der Waals surface area contributed by atoms with Gasteiger partial charge in [-0.05, 0) is 18.6 Å². The number of nitrogens with zero attached hydrogens (tertiary/aromatic N) is 2. The molecule has 3 atom stereocenters. The minimum atomic E-state index is -0.328. The van der Waals surface area contributed by atoms with Crippen LogP contribution in [0.1, 0.15) is 34.6 Å². The second-order valence-corrected chi connectivity index (χ2v) is 6.74. The molecule has 0 radical (unpaired) electrons. The van der Waals surface area contributed by atoms with Crippen molar-refractivity contribution < 1.29 is 9.90 Å². The second-order valence-electron chi connectivity index (χ2n) is 6.74. The summed E-state index contributed by atoms with van der Waals surface area (Å²) < 4.78 is 1.69. The summed E-state index contributed by atoms with van der Waals surface area (Å²) in [5, 5.41) is 9.84. The zero-order valence-corrected chi connectivity index (χ0v) is 13.6. The van der Waals surface area contributed by atoms with Gasteiger partial charge in [-0.2, -0.15) is 0 Å². The lowest BCUT2D eigenvalue weighted by Crippen LogP contribution is -2.52. The summed E-state index contributed by atoms with van der Waals surface area (Å²) in [6, 6.07) is 9.31. The molecule has 4 heterocycles. The first kappa shape index (κ1) is 15.8. The Bertz CT molecular complexity index is 932. The third-order valence-electron chi connectivity index (χ3n) is 5.27. The number of amides is 1. The molecular weight excluding hydrogens is 322 g/mol. The van der Waals surface area contributed by atoms with Gasteiger partial charge in [-0.15, -0.1) is 0 Å². The number of fused-ring (bicyclic) bond motifs is 4. The summed E-state index contributed by atoms with van der Waals surface area (Å²) in [5.74, 6) is -0.165. The number of aromatic nitrogens is 2. The first-order valence-corrected chi connectivity index (χ1v) is 8.39. The number of hydrogen-bond acceptors (Lipinski definition) is 4. The minimum absolute atomic E-state index is 0.00994. The van der Waals surface area contributed by atoms with Crippen molar-refractivity contribution in [3.8, 4) is 0 Å². The molecular formula is C18H19N3O4. The molecule has 0 aliphatic carbocycles. The van der Waals surface area contributed by atoms with Gasteiger partial charge in [0.15, 0.2) is 0 Å². The number of likely N-dealkylation sites (tertiary alicyclic amines) is 1. The zero-order chi connectivity index (χ0) is 17.6. The number of piperidine rings is 1. The molecule has 2 aromatic rings. The van der Waals surface area contributed by atoms with Gasteiger partial charge in [-0.1, -0.05) is 12.1 Å². The van der Waals surface area contributed by atoms with Crippen molar-refractivity contribution in [1.29, 1.82) is 0 Å². The number of hydrogen-bond donors (Lipinski definition) is 2. The van der Waals surface area contributed by atoms with Crippen molar-refractivity contribution in [3.05, 3.63) is 68.5 Å². The number of carbonyl (C=O) groups is 1. The van der Waals surface area contributed by atoms with Crippen LogP contribution in [-0.4, -0.2) is 45.2 Å². The summed E-state index contributed by atoms with van der Waals surface area (Å²) in [4.78, 5) is 40.8. The Balaban J connectivity index is 1.70. The Labute approximate surface area is 143 Å². The van der Waals surface area contributed by atoms with Crippen LogP contribution in [0.3, 0.4) is 0 Å². The quantitative estimate of drug-likeness (QED) is 0.823. The average molecular weight is 341 g/mol. The van der Waals surface area contributed by atoms with E-state index in [0.717, 1.165) is 12.1 Å². The van der Waals surface area contributed by atoms with E-state index in [4.69, 9.17) is 0 Å². The van der Waals surface area contributed by atoms with Crippen molar-refractivity contribution in [2.75, 3.05) is 19.7 Å². The molecule has 4 rings (SSSR count). The molecule has 2 aliphatic heterocycles. The fourth-order valence-electron chi connectivity index (χ4n) is 4.19. The van der Waals surface area contributed by atoms with E-state index in [9.17, 15) is 19.5 Å².